The van der Waals surface area contributed by atoms with Crippen LogP contribution in [0, 0.1) is 11.6 Å². The van der Waals surface area contributed by atoms with E-state index in [-0.39, 0.29) is 23.6 Å². The number of amides is 1. The summed E-state index contributed by atoms with van der Waals surface area (Å²) in [5.74, 6) is 2.98. The van der Waals surface area contributed by atoms with Crippen LogP contribution in [-0.2, 0) is 0 Å². The Morgan fingerprint density at radius 1 is 1.40 bits per heavy atom. The van der Waals surface area contributed by atoms with Crippen molar-refractivity contribution in [3.63, 3.8) is 0 Å². The van der Waals surface area contributed by atoms with Gasteiger partial charge in [-0.1, -0.05) is 6.92 Å². The highest BCUT2D eigenvalue weighted by molar-refractivity contribution is 5.95. The second-order valence-corrected chi connectivity index (χ2v) is 5.16. The predicted molar refractivity (Wildman–Crippen MR) is 73.1 cm³/mol. The molecule has 2 atom stereocenters. The smallest absolute Gasteiger partial charge is 0.254 e. The van der Waals surface area contributed by atoms with Crippen molar-refractivity contribution in [2.75, 3.05) is 5.43 Å². The van der Waals surface area contributed by atoms with E-state index in [4.69, 9.17) is 5.84 Å². The molecule has 110 valence electrons. The van der Waals surface area contributed by atoms with E-state index >= 15 is 0 Å². The Hall–Kier alpha value is -1.69. The molecular weight excluding hydrogens is 264 g/mol. The molecule has 2 rings (SSSR count). The molecule has 0 radical (unpaired) electrons. The number of hydrogen-bond donors (Lipinski definition) is 2. The van der Waals surface area contributed by atoms with Gasteiger partial charge >= 0.3 is 0 Å². The van der Waals surface area contributed by atoms with E-state index in [9.17, 15) is 13.6 Å². The van der Waals surface area contributed by atoms with Gasteiger partial charge in [0.2, 0.25) is 0 Å². The lowest BCUT2D eigenvalue weighted by Gasteiger charge is -2.28. The molecule has 20 heavy (non-hydrogen) atoms. The van der Waals surface area contributed by atoms with Crippen molar-refractivity contribution >= 4 is 11.6 Å². The van der Waals surface area contributed by atoms with E-state index in [0.29, 0.717) is 0 Å². The third kappa shape index (κ3) is 2.47. The van der Waals surface area contributed by atoms with E-state index in [2.05, 4.69) is 0 Å². The van der Waals surface area contributed by atoms with Crippen molar-refractivity contribution in [1.29, 1.82) is 0 Å². The van der Waals surface area contributed by atoms with Crippen LogP contribution in [0.1, 0.15) is 43.5 Å². The second-order valence-electron chi connectivity index (χ2n) is 5.16. The van der Waals surface area contributed by atoms with Gasteiger partial charge in [0, 0.05) is 17.6 Å². The quantitative estimate of drug-likeness (QED) is 0.662. The molecular formula is C14H19F2N3O. The minimum absolute atomic E-state index is 0.0196. The monoisotopic (exact) mass is 283 g/mol. The number of nitrogens with one attached hydrogen (secondary N) is 1. The van der Waals surface area contributed by atoms with E-state index in [1.165, 1.54) is 0 Å². The highest BCUT2D eigenvalue weighted by atomic mass is 19.1. The number of benzene rings is 1. The number of nitrogens with zero attached hydrogens (tertiary/aromatic N) is 1. The first-order valence-electron chi connectivity index (χ1n) is 6.77. The van der Waals surface area contributed by atoms with Crippen molar-refractivity contribution < 1.29 is 13.6 Å². The molecule has 0 saturated carbocycles. The Bertz CT molecular complexity index is 498. The highest BCUT2D eigenvalue weighted by Crippen LogP contribution is 2.29. The van der Waals surface area contributed by atoms with Crippen LogP contribution in [0.2, 0.25) is 0 Å². The molecule has 0 bridgehead atoms. The molecule has 3 N–H and O–H groups in total. The SMILES string of the molecule is CCC1CCC(C)N1C(=O)c1cc(F)c(NN)c(F)c1. The Morgan fingerprint density at radius 2 is 2.00 bits per heavy atom. The molecule has 0 spiro atoms. The molecule has 1 aliphatic rings. The van der Waals surface area contributed by atoms with E-state index in [1.807, 2.05) is 19.3 Å². The fourth-order valence-electron chi connectivity index (χ4n) is 2.82. The number of nitrogen functional groups attached to an aromatic ring is 1. The Balaban J connectivity index is 2.34. The van der Waals surface area contributed by atoms with Crippen LogP contribution in [0.25, 0.3) is 0 Å². The van der Waals surface area contributed by atoms with E-state index in [1.54, 1.807) is 4.90 Å². The summed E-state index contributed by atoms with van der Waals surface area (Å²) in [6.45, 7) is 3.96. The molecule has 4 nitrogen and oxygen atoms in total. The van der Waals surface area contributed by atoms with Gasteiger partial charge in [-0.3, -0.25) is 10.6 Å². The summed E-state index contributed by atoms with van der Waals surface area (Å²) in [5, 5.41) is 0. The zero-order chi connectivity index (χ0) is 14.9. The molecule has 2 unspecified atom stereocenters. The summed E-state index contributed by atoms with van der Waals surface area (Å²) < 4.78 is 27.4. The third-order valence-electron chi connectivity index (χ3n) is 3.93. The molecule has 1 fully saturated rings. The van der Waals surface area contributed by atoms with Crippen LogP contribution in [0.5, 0.6) is 0 Å². The Labute approximate surface area is 116 Å². The summed E-state index contributed by atoms with van der Waals surface area (Å²) >= 11 is 0. The maximum atomic E-state index is 13.7. The number of halogens is 2. The normalized spacial score (nSPS) is 22.1. The van der Waals surface area contributed by atoms with Gasteiger partial charge in [-0.05, 0) is 38.3 Å². The number of hydrazine groups is 1. The number of rotatable bonds is 3. The van der Waals surface area contributed by atoms with Gasteiger partial charge in [-0.2, -0.15) is 0 Å². The summed E-state index contributed by atoms with van der Waals surface area (Å²) in [6.07, 6.45) is 2.68. The topological polar surface area (TPSA) is 58.4 Å². The molecule has 0 aliphatic carbocycles. The summed E-state index contributed by atoms with van der Waals surface area (Å²) in [6, 6.07) is 2.28. The van der Waals surface area contributed by atoms with Crippen molar-refractivity contribution in [2.24, 2.45) is 5.84 Å². The first kappa shape index (κ1) is 14.7. The first-order valence-corrected chi connectivity index (χ1v) is 6.77. The van der Waals surface area contributed by atoms with Gasteiger partial charge in [0.05, 0.1) is 0 Å². The van der Waals surface area contributed by atoms with Gasteiger partial charge < -0.3 is 10.3 Å². The van der Waals surface area contributed by atoms with E-state index < -0.39 is 17.3 Å². The van der Waals surface area contributed by atoms with Crippen LogP contribution in [0.4, 0.5) is 14.5 Å². The van der Waals surface area contributed by atoms with Crippen molar-refractivity contribution in [1.82, 2.24) is 4.90 Å². The van der Waals surface area contributed by atoms with Crippen molar-refractivity contribution in [2.45, 2.75) is 45.2 Å². The highest BCUT2D eigenvalue weighted by Gasteiger charge is 2.34. The first-order chi connectivity index (χ1) is 9.49. The molecule has 1 amide bonds. The van der Waals surface area contributed by atoms with Gasteiger partial charge in [-0.25, -0.2) is 8.78 Å². The molecule has 1 aromatic carbocycles. The lowest BCUT2D eigenvalue weighted by molar-refractivity contribution is 0.0675. The Morgan fingerprint density at radius 3 is 2.50 bits per heavy atom. The number of carbonyl (C=O) groups is 1. The van der Waals surface area contributed by atoms with Gasteiger partial charge in [0.15, 0.2) is 11.6 Å². The van der Waals surface area contributed by atoms with E-state index in [0.717, 1.165) is 31.4 Å². The molecule has 0 aromatic heterocycles. The minimum Gasteiger partial charge on any atom is -0.333 e. The standard InChI is InChI=1S/C14H19F2N3O/c1-3-10-5-4-8(2)19(10)14(20)9-6-11(15)13(18-17)12(16)7-9/h6-8,10,18H,3-5,17H2,1-2H3. The lowest BCUT2D eigenvalue weighted by Crippen LogP contribution is -2.39. The zero-order valence-electron chi connectivity index (χ0n) is 11.6. The zero-order valence-corrected chi connectivity index (χ0v) is 11.6. The van der Waals surface area contributed by atoms with Crippen LogP contribution in [0.15, 0.2) is 12.1 Å². The maximum absolute atomic E-state index is 13.7. The van der Waals surface area contributed by atoms with Crippen molar-refractivity contribution in [3.05, 3.63) is 29.3 Å². The average molecular weight is 283 g/mol. The van der Waals surface area contributed by atoms with Gasteiger partial charge in [-0.15, -0.1) is 0 Å². The lowest BCUT2D eigenvalue weighted by atomic mass is 10.1. The largest absolute Gasteiger partial charge is 0.333 e. The molecule has 1 heterocycles. The van der Waals surface area contributed by atoms with Gasteiger partial charge in [0.1, 0.15) is 5.69 Å². The Kier molecular flexibility index (Phi) is 4.23. The number of carbonyl (C=O) groups excluding carboxylic acids is 1. The second kappa shape index (κ2) is 5.75. The number of nitrogens with two attached hydrogens (primary N) is 1. The fourth-order valence-corrected chi connectivity index (χ4v) is 2.82. The number of hydrogen-bond acceptors (Lipinski definition) is 3. The number of likely N-dealkylation sites (tertiary alicyclic amines) is 1. The van der Waals surface area contributed by atoms with Crippen molar-refractivity contribution in [3.8, 4) is 0 Å². The van der Waals surface area contributed by atoms with Crippen LogP contribution < -0.4 is 11.3 Å². The molecule has 1 aliphatic heterocycles. The summed E-state index contributed by atoms with van der Waals surface area (Å²) in [7, 11) is 0. The maximum Gasteiger partial charge on any atom is 0.254 e. The van der Waals surface area contributed by atoms with Gasteiger partial charge in [0.25, 0.3) is 5.91 Å². The third-order valence-corrected chi connectivity index (χ3v) is 3.93. The molecule has 1 saturated heterocycles. The number of anilines is 1. The van der Waals surface area contributed by atoms with Crippen LogP contribution >= 0.6 is 0 Å². The molecule has 6 heteroatoms. The molecule has 1 aromatic rings. The van der Waals surface area contributed by atoms with Crippen LogP contribution in [-0.4, -0.2) is 22.9 Å². The summed E-state index contributed by atoms with van der Waals surface area (Å²) in [5.41, 5.74) is 1.54. The fraction of sp³-hybridized carbons (Fsp3) is 0.500. The summed E-state index contributed by atoms with van der Waals surface area (Å²) in [4.78, 5) is 14.2. The predicted octanol–water partition coefficient (Wildman–Crippen LogP) is 2.65. The van der Waals surface area contributed by atoms with Crippen LogP contribution in [0.3, 0.4) is 0 Å². The average Bonchev–Trinajstić information content (AvgIpc) is 2.78. The minimum atomic E-state index is -0.865.